The molecule has 10 heteroatoms. The second-order valence-corrected chi connectivity index (χ2v) is 9.76. The number of halogens is 3. The first-order valence-corrected chi connectivity index (χ1v) is 11.5. The van der Waals surface area contributed by atoms with Crippen molar-refractivity contribution < 1.29 is 8.42 Å². The quantitative estimate of drug-likeness (QED) is 0.379. The predicted octanol–water partition coefficient (Wildman–Crippen LogP) is 5.04. The first-order chi connectivity index (χ1) is 12.8. The minimum atomic E-state index is -3.50. The summed E-state index contributed by atoms with van der Waals surface area (Å²) in [5.74, 6) is 0.541. The minimum absolute atomic E-state index is 0.236. The van der Waals surface area contributed by atoms with Crippen molar-refractivity contribution >= 4 is 56.4 Å². The summed E-state index contributed by atoms with van der Waals surface area (Å²) in [6.45, 7) is 0. The summed E-state index contributed by atoms with van der Waals surface area (Å²) >= 11 is 19.8. The third-order valence-electron chi connectivity index (χ3n) is 3.83. The lowest BCUT2D eigenvalue weighted by molar-refractivity contribution is 0.591. The van der Waals surface area contributed by atoms with Crippen LogP contribution in [0.25, 0.3) is 0 Å². The number of benzene rings is 2. The number of nitrogens with zero attached hydrogens (tertiary/aromatic N) is 3. The second-order valence-electron chi connectivity index (χ2n) is 5.64. The van der Waals surface area contributed by atoms with Gasteiger partial charge in [0.2, 0.25) is 0 Å². The summed E-state index contributed by atoms with van der Waals surface area (Å²) < 4.78 is 26.7. The van der Waals surface area contributed by atoms with Crippen molar-refractivity contribution in [2.45, 2.75) is 21.6 Å². The predicted molar refractivity (Wildman–Crippen MR) is 109 cm³/mol. The third kappa shape index (κ3) is 4.60. The molecular formula is C17H14Cl3N3O2S2. The van der Waals surface area contributed by atoms with Crippen LogP contribution in [0.5, 0.6) is 0 Å². The van der Waals surface area contributed by atoms with Gasteiger partial charge in [0.25, 0.3) is 0 Å². The highest BCUT2D eigenvalue weighted by atomic mass is 35.5. The first kappa shape index (κ1) is 20.5. The monoisotopic (exact) mass is 461 g/mol. The standard InChI is InChI=1S/C17H14Cl3N3O2S2/c1-23-15(10-27(24,25)11-5-3-2-4-6-11)21-22-17(23)26-9-12-13(18)7-8-14(19)16(12)20/h2-8H,9-10H2,1H3. The van der Waals surface area contributed by atoms with Crippen LogP contribution >= 0.6 is 46.6 Å². The molecule has 0 radical (unpaired) electrons. The molecule has 0 spiro atoms. The molecule has 0 aliphatic heterocycles. The van der Waals surface area contributed by atoms with E-state index in [1.165, 1.54) is 11.8 Å². The van der Waals surface area contributed by atoms with E-state index in [-0.39, 0.29) is 10.6 Å². The van der Waals surface area contributed by atoms with Crippen molar-refractivity contribution in [3.8, 4) is 0 Å². The summed E-state index contributed by atoms with van der Waals surface area (Å²) in [5.41, 5.74) is 0.692. The molecule has 0 amide bonds. The van der Waals surface area contributed by atoms with Gasteiger partial charge in [0.1, 0.15) is 11.6 Å². The maximum absolute atomic E-state index is 12.5. The maximum atomic E-state index is 12.5. The molecule has 0 unspecified atom stereocenters. The summed E-state index contributed by atoms with van der Waals surface area (Å²) in [7, 11) is -1.78. The Morgan fingerprint density at radius 1 is 1.00 bits per heavy atom. The number of hydrogen-bond acceptors (Lipinski definition) is 5. The van der Waals surface area contributed by atoms with E-state index in [0.29, 0.717) is 37.4 Å². The molecule has 5 nitrogen and oxygen atoms in total. The fraction of sp³-hybridized carbons (Fsp3) is 0.176. The van der Waals surface area contributed by atoms with Crippen molar-refractivity contribution in [3.05, 3.63) is 68.9 Å². The molecule has 3 aromatic rings. The van der Waals surface area contributed by atoms with Gasteiger partial charge in [0.05, 0.1) is 14.9 Å². The van der Waals surface area contributed by atoms with E-state index in [9.17, 15) is 8.42 Å². The largest absolute Gasteiger partial charge is 0.308 e. The molecule has 2 aromatic carbocycles. The average Bonchev–Trinajstić information content (AvgIpc) is 2.98. The van der Waals surface area contributed by atoms with Crippen LogP contribution in [0.15, 0.2) is 52.5 Å². The normalized spacial score (nSPS) is 11.7. The molecule has 0 atom stereocenters. The molecule has 0 aliphatic carbocycles. The molecule has 0 aliphatic rings. The van der Waals surface area contributed by atoms with E-state index in [1.54, 1.807) is 54.1 Å². The molecule has 0 bridgehead atoms. The molecule has 1 heterocycles. The topological polar surface area (TPSA) is 64.8 Å². The Morgan fingerprint density at radius 3 is 2.37 bits per heavy atom. The lowest BCUT2D eigenvalue weighted by Crippen LogP contribution is -2.09. The Hall–Kier alpha value is -1.25. The number of thioether (sulfide) groups is 1. The second kappa shape index (κ2) is 8.41. The first-order valence-electron chi connectivity index (χ1n) is 7.71. The molecule has 3 rings (SSSR count). The zero-order valence-corrected chi connectivity index (χ0v) is 18.0. The number of aromatic nitrogens is 3. The maximum Gasteiger partial charge on any atom is 0.191 e. The van der Waals surface area contributed by atoms with Gasteiger partial charge < -0.3 is 4.57 Å². The van der Waals surface area contributed by atoms with Crippen LogP contribution in [0.4, 0.5) is 0 Å². The average molecular weight is 463 g/mol. The Balaban J connectivity index is 1.78. The van der Waals surface area contributed by atoms with Crippen LogP contribution < -0.4 is 0 Å². The summed E-state index contributed by atoms with van der Waals surface area (Å²) in [6.07, 6.45) is 0. The summed E-state index contributed by atoms with van der Waals surface area (Å²) in [6, 6.07) is 11.6. The van der Waals surface area contributed by atoms with Gasteiger partial charge in [0.15, 0.2) is 15.0 Å². The van der Waals surface area contributed by atoms with Crippen LogP contribution in [-0.2, 0) is 28.4 Å². The van der Waals surface area contributed by atoms with E-state index in [0.717, 1.165) is 0 Å². The smallest absolute Gasteiger partial charge is 0.191 e. The minimum Gasteiger partial charge on any atom is -0.308 e. The van der Waals surface area contributed by atoms with E-state index in [2.05, 4.69) is 10.2 Å². The van der Waals surface area contributed by atoms with E-state index in [4.69, 9.17) is 34.8 Å². The van der Waals surface area contributed by atoms with Crippen molar-refractivity contribution in [1.29, 1.82) is 0 Å². The van der Waals surface area contributed by atoms with Crippen LogP contribution in [-0.4, -0.2) is 23.2 Å². The van der Waals surface area contributed by atoms with Gasteiger partial charge in [-0.1, -0.05) is 64.8 Å². The lowest BCUT2D eigenvalue weighted by atomic mass is 10.2. The van der Waals surface area contributed by atoms with Gasteiger partial charge in [-0.15, -0.1) is 10.2 Å². The highest BCUT2D eigenvalue weighted by molar-refractivity contribution is 7.98. The van der Waals surface area contributed by atoms with Gasteiger partial charge in [-0.25, -0.2) is 8.42 Å². The van der Waals surface area contributed by atoms with Gasteiger partial charge in [0, 0.05) is 23.4 Å². The number of hydrogen-bond donors (Lipinski definition) is 0. The molecule has 27 heavy (non-hydrogen) atoms. The third-order valence-corrected chi connectivity index (χ3v) is 7.70. The Kier molecular flexibility index (Phi) is 6.38. The molecule has 142 valence electrons. The molecule has 1 aromatic heterocycles. The van der Waals surface area contributed by atoms with Gasteiger partial charge in [-0.3, -0.25) is 0 Å². The van der Waals surface area contributed by atoms with E-state index in [1.807, 2.05) is 0 Å². The molecule has 0 fully saturated rings. The highest BCUT2D eigenvalue weighted by Crippen LogP contribution is 2.35. The van der Waals surface area contributed by atoms with E-state index < -0.39 is 9.84 Å². The molecule has 0 N–H and O–H groups in total. The fourth-order valence-electron chi connectivity index (χ4n) is 2.32. The Bertz CT molecular complexity index is 1070. The lowest BCUT2D eigenvalue weighted by Gasteiger charge is -2.08. The van der Waals surface area contributed by atoms with Crippen LogP contribution in [0.1, 0.15) is 11.4 Å². The highest BCUT2D eigenvalue weighted by Gasteiger charge is 2.20. The van der Waals surface area contributed by atoms with Crippen molar-refractivity contribution in [3.63, 3.8) is 0 Å². The zero-order valence-electron chi connectivity index (χ0n) is 14.1. The SMILES string of the molecule is Cn1c(CS(=O)(=O)c2ccccc2)nnc1SCc1c(Cl)ccc(Cl)c1Cl. The zero-order chi connectivity index (χ0) is 19.6. The summed E-state index contributed by atoms with van der Waals surface area (Å²) in [5, 5.41) is 9.98. The molecule has 0 saturated heterocycles. The molecule has 0 saturated carbocycles. The van der Waals surface area contributed by atoms with Crippen molar-refractivity contribution in [2.75, 3.05) is 0 Å². The van der Waals surface area contributed by atoms with Crippen LogP contribution in [0.2, 0.25) is 15.1 Å². The van der Waals surface area contributed by atoms with Crippen molar-refractivity contribution in [2.24, 2.45) is 7.05 Å². The van der Waals surface area contributed by atoms with Gasteiger partial charge >= 0.3 is 0 Å². The molecular weight excluding hydrogens is 449 g/mol. The van der Waals surface area contributed by atoms with E-state index >= 15 is 0 Å². The number of sulfone groups is 1. The summed E-state index contributed by atoms with van der Waals surface area (Å²) in [4.78, 5) is 0.250. The van der Waals surface area contributed by atoms with Crippen LogP contribution in [0.3, 0.4) is 0 Å². The fourth-order valence-corrected chi connectivity index (χ4v) is 5.46. The van der Waals surface area contributed by atoms with Gasteiger partial charge in [-0.05, 0) is 24.3 Å². The van der Waals surface area contributed by atoms with Crippen LogP contribution in [0, 0.1) is 0 Å². The Labute approximate surface area is 176 Å². The number of rotatable bonds is 6. The van der Waals surface area contributed by atoms with Crippen molar-refractivity contribution in [1.82, 2.24) is 14.8 Å². The van der Waals surface area contributed by atoms with Gasteiger partial charge in [-0.2, -0.15) is 0 Å². The Morgan fingerprint density at radius 2 is 1.67 bits per heavy atom.